The summed E-state index contributed by atoms with van der Waals surface area (Å²) in [5.74, 6) is 1.72. The summed E-state index contributed by atoms with van der Waals surface area (Å²) >= 11 is 10.2. The molecule has 0 spiro atoms. The van der Waals surface area contributed by atoms with Gasteiger partial charge in [-0.2, -0.15) is 0 Å². The van der Waals surface area contributed by atoms with Crippen molar-refractivity contribution in [2.45, 2.75) is 37.5 Å². The maximum atomic E-state index is 6.56. The first-order valence-electron chi connectivity index (χ1n) is 6.52. The van der Waals surface area contributed by atoms with E-state index in [0.29, 0.717) is 13.2 Å². The Morgan fingerprint density at radius 1 is 1.17 bits per heavy atom. The predicted molar refractivity (Wildman–Crippen MR) is 75.9 cm³/mol. The lowest BCUT2D eigenvalue weighted by Gasteiger charge is -2.19. The molecule has 3 rings (SSSR count). The van der Waals surface area contributed by atoms with Gasteiger partial charge in [-0.15, -0.1) is 11.6 Å². The average molecular weight is 332 g/mol. The molecule has 1 atom stereocenters. The Morgan fingerprint density at radius 3 is 2.89 bits per heavy atom. The molecule has 0 radical (unpaired) electrons. The largest absolute Gasteiger partial charge is 0.490 e. The van der Waals surface area contributed by atoms with Crippen LogP contribution < -0.4 is 9.47 Å². The van der Waals surface area contributed by atoms with Crippen LogP contribution in [0.25, 0.3) is 0 Å². The number of ether oxygens (including phenoxy) is 2. The van der Waals surface area contributed by atoms with Crippen LogP contribution in [0.1, 0.15) is 42.2 Å². The molecule has 0 aromatic heterocycles. The first-order chi connectivity index (χ1) is 8.77. The molecule has 4 heteroatoms. The maximum Gasteiger partial charge on any atom is 0.166 e. The van der Waals surface area contributed by atoms with Crippen LogP contribution in [-0.4, -0.2) is 13.2 Å². The molecule has 2 nitrogen and oxygen atoms in total. The maximum absolute atomic E-state index is 6.56. The summed E-state index contributed by atoms with van der Waals surface area (Å²) in [6.07, 6.45) is 5.37. The topological polar surface area (TPSA) is 18.5 Å². The molecule has 0 fully saturated rings. The highest BCUT2D eigenvalue weighted by Gasteiger charge is 2.27. The lowest BCUT2D eigenvalue weighted by atomic mass is 10.0. The fourth-order valence-corrected chi connectivity index (χ4v) is 3.70. The van der Waals surface area contributed by atoms with Gasteiger partial charge in [-0.1, -0.05) is 22.4 Å². The first-order valence-corrected chi connectivity index (χ1v) is 7.75. The van der Waals surface area contributed by atoms with Gasteiger partial charge in [0.15, 0.2) is 11.5 Å². The number of alkyl halides is 1. The highest BCUT2D eigenvalue weighted by molar-refractivity contribution is 9.10. The van der Waals surface area contributed by atoms with Crippen molar-refractivity contribution in [3.05, 3.63) is 21.7 Å². The van der Waals surface area contributed by atoms with Gasteiger partial charge in [-0.05, 0) is 30.9 Å². The summed E-state index contributed by atoms with van der Waals surface area (Å²) in [6, 6.07) is 2.04. The van der Waals surface area contributed by atoms with Crippen molar-refractivity contribution in [3.63, 3.8) is 0 Å². The molecule has 0 N–H and O–H groups in total. The lowest BCUT2D eigenvalue weighted by molar-refractivity contribution is 0.296. The van der Waals surface area contributed by atoms with E-state index in [1.807, 2.05) is 6.07 Å². The van der Waals surface area contributed by atoms with Crippen LogP contribution in [0, 0.1) is 0 Å². The number of rotatable bonds is 0. The Bertz CT molecular complexity index is 462. The second-order valence-electron chi connectivity index (χ2n) is 4.84. The quantitative estimate of drug-likeness (QED) is 0.510. The monoisotopic (exact) mass is 330 g/mol. The molecule has 18 heavy (non-hydrogen) atoms. The number of benzene rings is 1. The molecule has 1 aliphatic heterocycles. The van der Waals surface area contributed by atoms with Gasteiger partial charge in [0.05, 0.1) is 18.6 Å². The molecule has 0 saturated carbocycles. The van der Waals surface area contributed by atoms with Crippen LogP contribution in [0.15, 0.2) is 10.5 Å². The van der Waals surface area contributed by atoms with E-state index >= 15 is 0 Å². The Kier molecular flexibility index (Phi) is 3.71. The van der Waals surface area contributed by atoms with Crippen LogP contribution >= 0.6 is 27.5 Å². The number of halogens is 2. The minimum atomic E-state index is 0.0375. The first kappa shape index (κ1) is 12.6. The molecule has 1 aromatic rings. The molecule has 98 valence electrons. The molecule has 2 aliphatic rings. The second kappa shape index (κ2) is 5.30. The van der Waals surface area contributed by atoms with Gasteiger partial charge < -0.3 is 9.47 Å². The fraction of sp³-hybridized carbons (Fsp3) is 0.571. The molecule has 1 unspecified atom stereocenters. The standard InChI is InChI=1S/C14H16BrClO2/c15-10-8-12-14(18-7-3-6-17-12)13-9(10)4-1-2-5-11(13)16/h8,11H,1-7H2. The Labute approximate surface area is 121 Å². The summed E-state index contributed by atoms with van der Waals surface area (Å²) in [5, 5.41) is 0.0375. The summed E-state index contributed by atoms with van der Waals surface area (Å²) in [4.78, 5) is 0. The van der Waals surface area contributed by atoms with Crippen LogP contribution in [0.2, 0.25) is 0 Å². The highest BCUT2D eigenvalue weighted by Crippen LogP contribution is 2.47. The Morgan fingerprint density at radius 2 is 2.00 bits per heavy atom. The van der Waals surface area contributed by atoms with E-state index in [1.54, 1.807) is 0 Å². The zero-order valence-corrected chi connectivity index (χ0v) is 12.5. The van der Waals surface area contributed by atoms with E-state index < -0.39 is 0 Å². The molecule has 0 amide bonds. The van der Waals surface area contributed by atoms with Crippen molar-refractivity contribution in [1.82, 2.24) is 0 Å². The zero-order valence-electron chi connectivity index (χ0n) is 10.2. The van der Waals surface area contributed by atoms with Crippen LogP contribution in [0.3, 0.4) is 0 Å². The van der Waals surface area contributed by atoms with E-state index in [4.69, 9.17) is 21.1 Å². The van der Waals surface area contributed by atoms with E-state index in [-0.39, 0.29) is 5.38 Å². The summed E-state index contributed by atoms with van der Waals surface area (Å²) < 4.78 is 12.8. The average Bonchev–Trinajstić information content (AvgIpc) is 2.68. The highest BCUT2D eigenvalue weighted by atomic mass is 79.9. The van der Waals surface area contributed by atoms with Crippen molar-refractivity contribution in [2.24, 2.45) is 0 Å². The summed E-state index contributed by atoms with van der Waals surface area (Å²) in [7, 11) is 0. The van der Waals surface area contributed by atoms with Gasteiger partial charge >= 0.3 is 0 Å². The van der Waals surface area contributed by atoms with Gasteiger partial charge in [0.1, 0.15) is 0 Å². The normalized spacial score (nSPS) is 22.9. The van der Waals surface area contributed by atoms with Crippen molar-refractivity contribution < 1.29 is 9.47 Å². The zero-order chi connectivity index (χ0) is 12.5. The number of fused-ring (bicyclic) bond motifs is 3. The second-order valence-corrected chi connectivity index (χ2v) is 6.22. The summed E-state index contributed by atoms with van der Waals surface area (Å²) in [5.41, 5.74) is 2.46. The van der Waals surface area contributed by atoms with Crippen molar-refractivity contribution in [3.8, 4) is 11.5 Å². The smallest absolute Gasteiger partial charge is 0.166 e. The number of hydrogen-bond acceptors (Lipinski definition) is 2. The minimum absolute atomic E-state index is 0.0375. The van der Waals surface area contributed by atoms with E-state index in [9.17, 15) is 0 Å². The van der Waals surface area contributed by atoms with Crippen molar-refractivity contribution in [1.29, 1.82) is 0 Å². The van der Waals surface area contributed by atoms with Crippen molar-refractivity contribution in [2.75, 3.05) is 13.2 Å². The van der Waals surface area contributed by atoms with Crippen molar-refractivity contribution >= 4 is 27.5 Å². The molecule has 1 heterocycles. The van der Waals surface area contributed by atoms with Gasteiger partial charge in [0.25, 0.3) is 0 Å². The molecular weight excluding hydrogens is 316 g/mol. The summed E-state index contributed by atoms with van der Waals surface area (Å²) in [6.45, 7) is 1.43. The molecule has 0 bridgehead atoms. The lowest BCUT2D eigenvalue weighted by Crippen LogP contribution is -2.03. The molecular formula is C14H16BrClO2. The fourth-order valence-electron chi connectivity index (χ4n) is 2.69. The van der Waals surface area contributed by atoms with Gasteiger partial charge in [-0.25, -0.2) is 0 Å². The SMILES string of the molecule is ClC1CCCCc2c(Br)cc3c(c21)OCCCO3. The van der Waals surface area contributed by atoms with E-state index in [0.717, 1.165) is 40.8 Å². The third-order valence-corrected chi connectivity index (χ3v) is 4.72. The van der Waals surface area contributed by atoms with E-state index in [1.165, 1.54) is 18.4 Å². The number of hydrogen-bond donors (Lipinski definition) is 0. The van der Waals surface area contributed by atoms with E-state index in [2.05, 4.69) is 15.9 Å². The predicted octanol–water partition coefficient (Wildman–Crippen LogP) is 4.62. The van der Waals surface area contributed by atoms with Crippen LogP contribution in [-0.2, 0) is 6.42 Å². The Balaban J connectivity index is 2.17. The van der Waals surface area contributed by atoms with Crippen LogP contribution in [0.5, 0.6) is 11.5 Å². The van der Waals surface area contributed by atoms with Gasteiger partial charge in [0.2, 0.25) is 0 Å². The van der Waals surface area contributed by atoms with Crippen LogP contribution in [0.4, 0.5) is 0 Å². The third-order valence-electron chi connectivity index (χ3n) is 3.58. The molecule has 1 aromatic carbocycles. The van der Waals surface area contributed by atoms with Gasteiger partial charge in [0, 0.05) is 16.5 Å². The molecule has 0 saturated heterocycles. The minimum Gasteiger partial charge on any atom is -0.490 e. The molecule has 1 aliphatic carbocycles. The Hall–Kier alpha value is -0.410. The van der Waals surface area contributed by atoms with Gasteiger partial charge in [-0.3, -0.25) is 0 Å². The third kappa shape index (κ3) is 2.23.